The lowest BCUT2D eigenvalue weighted by molar-refractivity contribution is -0.898. The van der Waals surface area contributed by atoms with Crippen molar-refractivity contribution in [3.8, 4) is 0 Å². The molecule has 1 aliphatic carbocycles. The second-order valence-electron chi connectivity index (χ2n) is 6.22. The summed E-state index contributed by atoms with van der Waals surface area (Å²) in [6.45, 7) is 2.44. The zero-order valence-electron chi connectivity index (χ0n) is 13.4. The molecule has 5 heteroatoms. The number of nitrogens with one attached hydrogen (secondary N) is 2. The summed E-state index contributed by atoms with van der Waals surface area (Å²) in [6, 6.07) is 8.12. The predicted molar refractivity (Wildman–Crippen MR) is 87.7 cm³/mol. The molecular weight excluding hydrogens is 278 g/mol. The first-order valence-electron chi connectivity index (χ1n) is 8.01. The molecule has 5 nitrogen and oxygen atoms in total. The highest BCUT2D eigenvalue weighted by molar-refractivity contribution is 6.43. The summed E-state index contributed by atoms with van der Waals surface area (Å²) < 4.78 is 0. The number of amides is 1. The summed E-state index contributed by atoms with van der Waals surface area (Å²) in [7, 11) is 2.07. The molecule has 22 heavy (non-hydrogen) atoms. The number of anilines is 1. The Morgan fingerprint density at radius 2 is 1.91 bits per heavy atom. The van der Waals surface area contributed by atoms with Gasteiger partial charge in [0.15, 0.2) is 5.71 Å². The average molecular weight is 304 g/mol. The molecule has 0 spiro atoms. The van der Waals surface area contributed by atoms with Crippen molar-refractivity contribution >= 4 is 17.3 Å². The van der Waals surface area contributed by atoms with Crippen molar-refractivity contribution in [3.63, 3.8) is 0 Å². The van der Waals surface area contributed by atoms with E-state index in [9.17, 15) is 10.0 Å². The van der Waals surface area contributed by atoms with E-state index in [2.05, 4.69) is 17.5 Å². The summed E-state index contributed by atoms with van der Waals surface area (Å²) in [6.07, 6.45) is 6.18. The van der Waals surface area contributed by atoms with E-state index in [1.807, 2.05) is 31.2 Å². The number of quaternary nitrogens is 1. The number of carbonyl (C=O) groups is 1. The number of carbonyl (C=O) groups excluding carboxylic acids is 1. The highest BCUT2D eigenvalue weighted by Crippen LogP contribution is 2.15. The zero-order chi connectivity index (χ0) is 15.9. The van der Waals surface area contributed by atoms with Gasteiger partial charge in [0.05, 0.1) is 13.1 Å². The van der Waals surface area contributed by atoms with Gasteiger partial charge in [0, 0.05) is 5.69 Å². The van der Waals surface area contributed by atoms with Crippen molar-refractivity contribution in [1.82, 2.24) is 0 Å². The molecule has 0 aliphatic heterocycles. The minimum Gasteiger partial charge on any atom is -0.410 e. The maximum Gasteiger partial charge on any atom is 0.279 e. The van der Waals surface area contributed by atoms with Crippen molar-refractivity contribution in [2.45, 2.75) is 45.1 Å². The number of oxime groups is 1. The van der Waals surface area contributed by atoms with Gasteiger partial charge in [-0.25, -0.2) is 0 Å². The lowest BCUT2D eigenvalue weighted by Crippen LogP contribution is -3.14. The van der Waals surface area contributed by atoms with Gasteiger partial charge in [-0.3, -0.25) is 4.79 Å². The Bertz CT molecular complexity index is 519. The molecule has 1 aliphatic rings. The number of nitrogens with zero attached hydrogens (tertiary/aromatic N) is 1. The molecule has 1 aromatic rings. The Hall–Kier alpha value is -1.88. The van der Waals surface area contributed by atoms with E-state index in [-0.39, 0.29) is 11.6 Å². The maximum atomic E-state index is 12.2. The Kier molecular flexibility index (Phi) is 5.95. The molecule has 1 amide bonds. The summed E-state index contributed by atoms with van der Waals surface area (Å²) in [5, 5.41) is 15.2. The van der Waals surface area contributed by atoms with Crippen molar-refractivity contribution < 1.29 is 14.9 Å². The van der Waals surface area contributed by atoms with Gasteiger partial charge in [-0.15, -0.1) is 0 Å². The van der Waals surface area contributed by atoms with Crippen LogP contribution in [0.25, 0.3) is 0 Å². The van der Waals surface area contributed by atoms with Gasteiger partial charge in [0.1, 0.15) is 6.54 Å². The largest absolute Gasteiger partial charge is 0.410 e. The summed E-state index contributed by atoms with van der Waals surface area (Å²) in [5.74, 6) is -0.332. The minimum absolute atomic E-state index is 0.184. The van der Waals surface area contributed by atoms with Crippen LogP contribution in [0.15, 0.2) is 29.4 Å². The predicted octanol–water partition coefficient (Wildman–Crippen LogP) is 1.61. The Morgan fingerprint density at radius 3 is 2.50 bits per heavy atom. The topological polar surface area (TPSA) is 66.1 Å². The molecule has 1 unspecified atom stereocenters. The number of benzene rings is 1. The second kappa shape index (κ2) is 7.94. The zero-order valence-corrected chi connectivity index (χ0v) is 13.4. The highest BCUT2D eigenvalue weighted by Gasteiger charge is 2.25. The lowest BCUT2D eigenvalue weighted by Gasteiger charge is -2.28. The summed E-state index contributed by atoms with van der Waals surface area (Å²) >= 11 is 0. The van der Waals surface area contributed by atoms with Gasteiger partial charge >= 0.3 is 0 Å². The monoisotopic (exact) mass is 304 g/mol. The quantitative estimate of drug-likeness (QED) is 0.439. The molecule has 2 rings (SSSR count). The number of rotatable bonds is 5. The summed E-state index contributed by atoms with van der Waals surface area (Å²) in [4.78, 5) is 13.5. The third-order valence-corrected chi connectivity index (χ3v) is 4.44. The van der Waals surface area contributed by atoms with Crippen LogP contribution in [0.5, 0.6) is 0 Å². The van der Waals surface area contributed by atoms with Gasteiger partial charge in [-0.1, -0.05) is 29.3 Å². The van der Waals surface area contributed by atoms with Crippen LogP contribution in [0.1, 0.15) is 37.7 Å². The van der Waals surface area contributed by atoms with Crippen LogP contribution in [0, 0.1) is 6.92 Å². The van der Waals surface area contributed by atoms with Crippen molar-refractivity contribution in [2.24, 2.45) is 5.16 Å². The van der Waals surface area contributed by atoms with Crippen molar-refractivity contribution in [2.75, 3.05) is 18.9 Å². The first-order chi connectivity index (χ1) is 10.6. The fourth-order valence-corrected chi connectivity index (χ4v) is 3.01. The van der Waals surface area contributed by atoms with Crippen LogP contribution in [-0.4, -0.2) is 36.5 Å². The molecule has 0 heterocycles. The third-order valence-electron chi connectivity index (χ3n) is 4.44. The standard InChI is InChI=1S/C17H25N3O2/c1-13-8-10-14(11-9-13)18-17(21)16(19-22)12-20(2)15-6-4-3-5-7-15/h8-11,15,22H,3-7,12H2,1-2H3,(H,18,21)/p+1/b19-16+. The van der Waals surface area contributed by atoms with Gasteiger partial charge in [-0.05, 0) is 44.7 Å². The number of aryl methyl sites for hydroxylation is 1. The Balaban J connectivity index is 1.92. The molecule has 1 saturated carbocycles. The van der Waals surface area contributed by atoms with Crippen LogP contribution in [0.3, 0.4) is 0 Å². The molecule has 1 aromatic carbocycles. The first-order valence-corrected chi connectivity index (χ1v) is 8.01. The fourth-order valence-electron chi connectivity index (χ4n) is 3.01. The molecule has 0 bridgehead atoms. The third kappa shape index (κ3) is 4.56. The molecule has 1 atom stereocenters. The SMILES string of the molecule is Cc1ccc(NC(=O)/C(C[NH+](C)C2CCCCC2)=N/O)cc1. The van der Waals surface area contributed by atoms with Gasteiger partial charge in [-0.2, -0.15) is 0 Å². The van der Waals surface area contributed by atoms with E-state index < -0.39 is 0 Å². The van der Waals surface area contributed by atoms with Crippen molar-refractivity contribution in [1.29, 1.82) is 0 Å². The Morgan fingerprint density at radius 1 is 1.27 bits per heavy atom. The normalized spacial score (nSPS) is 18.0. The second-order valence-corrected chi connectivity index (χ2v) is 6.22. The van der Waals surface area contributed by atoms with Gasteiger partial charge in [0.25, 0.3) is 5.91 Å². The molecule has 0 radical (unpaired) electrons. The van der Waals surface area contributed by atoms with Gasteiger partial charge in [0.2, 0.25) is 0 Å². The van der Waals surface area contributed by atoms with E-state index in [0.717, 1.165) is 5.56 Å². The lowest BCUT2D eigenvalue weighted by atomic mass is 9.94. The summed E-state index contributed by atoms with van der Waals surface area (Å²) in [5.41, 5.74) is 2.03. The van der Waals surface area contributed by atoms with E-state index in [4.69, 9.17) is 0 Å². The van der Waals surface area contributed by atoms with E-state index in [1.54, 1.807) is 0 Å². The van der Waals surface area contributed by atoms with Gasteiger partial charge < -0.3 is 15.4 Å². The first kappa shape index (κ1) is 16.5. The molecule has 3 N–H and O–H groups in total. The van der Waals surface area contributed by atoms with Crippen LogP contribution in [0.4, 0.5) is 5.69 Å². The number of hydrogen-bond acceptors (Lipinski definition) is 3. The maximum absolute atomic E-state index is 12.2. The molecule has 1 fully saturated rings. The Labute approximate surface area is 132 Å². The minimum atomic E-state index is -0.332. The van der Waals surface area contributed by atoms with E-state index >= 15 is 0 Å². The van der Waals surface area contributed by atoms with E-state index in [0.29, 0.717) is 18.3 Å². The average Bonchev–Trinajstić information content (AvgIpc) is 2.55. The smallest absolute Gasteiger partial charge is 0.279 e. The molecular formula is C17H26N3O2+. The molecule has 120 valence electrons. The number of hydrogen-bond donors (Lipinski definition) is 3. The van der Waals surface area contributed by atoms with Crippen LogP contribution >= 0.6 is 0 Å². The fraction of sp³-hybridized carbons (Fsp3) is 0.529. The van der Waals surface area contributed by atoms with Crippen molar-refractivity contribution in [3.05, 3.63) is 29.8 Å². The highest BCUT2D eigenvalue weighted by atomic mass is 16.4. The molecule has 0 aromatic heterocycles. The van der Waals surface area contributed by atoms with Crippen LogP contribution in [0.2, 0.25) is 0 Å². The molecule has 0 saturated heterocycles. The van der Waals surface area contributed by atoms with E-state index in [1.165, 1.54) is 37.0 Å². The van der Waals surface area contributed by atoms with Crippen LogP contribution < -0.4 is 10.2 Å². The van der Waals surface area contributed by atoms with Crippen LogP contribution in [-0.2, 0) is 4.79 Å².